The molecule has 0 aromatic heterocycles. The lowest BCUT2D eigenvalue weighted by Gasteiger charge is -2.33. The van der Waals surface area contributed by atoms with Gasteiger partial charge in [0.2, 0.25) is 11.8 Å². The van der Waals surface area contributed by atoms with Crippen LogP contribution in [0.4, 0.5) is 5.69 Å². The second-order valence-electron chi connectivity index (χ2n) is 10.2. The van der Waals surface area contributed by atoms with Crippen LogP contribution >= 0.6 is 34.8 Å². The maximum Gasteiger partial charge on any atom is 0.264 e. The first-order valence-corrected chi connectivity index (χ1v) is 15.9. The largest absolute Gasteiger partial charge is 0.352 e. The molecule has 1 fully saturated rings. The van der Waals surface area contributed by atoms with Gasteiger partial charge in [0.15, 0.2) is 0 Å². The Hall–Kier alpha value is -2.78. The molecule has 4 rings (SSSR count). The van der Waals surface area contributed by atoms with Crippen molar-refractivity contribution in [3.63, 3.8) is 0 Å². The van der Waals surface area contributed by atoms with Crippen molar-refractivity contribution in [3.8, 4) is 0 Å². The third kappa shape index (κ3) is 7.55. The summed E-state index contributed by atoms with van der Waals surface area (Å²) < 4.78 is 28.9. The highest BCUT2D eigenvalue weighted by molar-refractivity contribution is 7.92. The molecule has 0 unspecified atom stereocenters. The Morgan fingerprint density at radius 2 is 1.61 bits per heavy atom. The number of para-hydroxylation sites is 1. The number of aryl methyl sites for hydroxylation is 1. The van der Waals surface area contributed by atoms with E-state index in [0.29, 0.717) is 31.9 Å². The summed E-state index contributed by atoms with van der Waals surface area (Å²) >= 11 is 18.3. The van der Waals surface area contributed by atoms with Crippen LogP contribution in [0.2, 0.25) is 15.1 Å². The van der Waals surface area contributed by atoms with Gasteiger partial charge in [-0.1, -0.05) is 71.9 Å². The van der Waals surface area contributed by atoms with Crippen molar-refractivity contribution in [1.82, 2.24) is 10.2 Å². The first-order chi connectivity index (χ1) is 19.5. The zero-order valence-corrected chi connectivity index (χ0v) is 25.9. The standard InChI is InChI=1S/C30H32Cl3N3O4S/c1-20-7-3-6-10-28(20)36(41(39,40)25-14-12-23(31)13-15-25)19-29(37)35(18-22-11-16-26(32)27(33)17-22)21(2)30(38)34-24-8-4-5-9-24/h3,6-7,10-17,21,24H,4-5,8-9,18-19H2,1-2H3,(H,34,38)/t21-/m1/s1. The Labute approximate surface area is 256 Å². The monoisotopic (exact) mass is 635 g/mol. The topological polar surface area (TPSA) is 86.8 Å². The summed E-state index contributed by atoms with van der Waals surface area (Å²) in [6, 6.07) is 16.8. The number of amides is 2. The fourth-order valence-corrected chi connectivity index (χ4v) is 6.82. The smallest absolute Gasteiger partial charge is 0.264 e. The van der Waals surface area contributed by atoms with Gasteiger partial charge in [-0.05, 0) is 80.3 Å². The molecular formula is C30H32Cl3N3O4S. The number of hydrogen-bond acceptors (Lipinski definition) is 4. The quantitative estimate of drug-likeness (QED) is 0.271. The molecule has 7 nitrogen and oxygen atoms in total. The normalized spacial score (nSPS) is 14.5. The van der Waals surface area contributed by atoms with E-state index < -0.39 is 28.5 Å². The third-order valence-corrected chi connectivity index (χ3v) is 10.0. The number of rotatable bonds is 10. The van der Waals surface area contributed by atoms with Crippen molar-refractivity contribution >= 4 is 62.3 Å². The van der Waals surface area contributed by atoms with Crippen molar-refractivity contribution in [2.75, 3.05) is 10.8 Å². The zero-order chi connectivity index (χ0) is 29.7. The number of carbonyl (C=O) groups excluding carboxylic acids is 2. The lowest BCUT2D eigenvalue weighted by molar-refractivity contribution is -0.139. The van der Waals surface area contributed by atoms with Gasteiger partial charge < -0.3 is 10.2 Å². The van der Waals surface area contributed by atoms with Gasteiger partial charge in [0.1, 0.15) is 12.6 Å². The minimum absolute atomic E-state index is 0.0130. The molecule has 3 aromatic carbocycles. The molecule has 1 saturated carbocycles. The molecule has 0 heterocycles. The van der Waals surface area contributed by atoms with Crippen molar-refractivity contribution in [2.24, 2.45) is 0 Å². The van der Waals surface area contributed by atoms with E-state index in [1.54, 1.807) is 56.3 Å². The third-order valence-electron chi connectivity index (χ3n) is 7.27. The number of hydrogen-bond donors (Lipinski definition) is 1. The van der Waals surface area contributed by atoms with Gasteiger partial charge in [0.05, 0.1) is 20.6 Å². The number of benzene rings is 3. The molecule has 218 valence electrons. The second kappa shape index (κ2) is 13.5. The molecule has 11 heteroatoms. The van der Waals surface area contributed by atoms with Gasteiger partial charge in [-0.15, -0.1) is 0 Å². The number of nitrogens with zero attached hydrogens (tertiary/aromatic N) is 2. The molecule has 0 bridgehead atoms. The van der Waals surface area contributed by atoms with E-state index in [-0.39, 0.29) is 23.4 Å². The van der Waals surface area contributed by atoms with E-state index in [0.717, 1.165) is 30.0 Å². The molecule has 2 amide bonds. The van der Waals surface area contributed by atoms with Crippen LogP contribution in [0.15, 0.2) is 71.6 Å². The van der Waals surface area contributed by atoms with Crippen molar-refractivity contribution in [1.29, 1.82) is 0 Å². The van der Waals surface area contributed by atoms with Crippen molar-refractivity contribution < 1.29 is 18.0 Å². The highest BCUT2D eigenvalue weighted by Crippen LogP contribution is 2.29. The average Bonchev–Trinajstić information content (AvgIpc) is 3.45. The van der Waals surface area contributed by atoms with Crippen LogP contribution in [-0.4, -0.2) is 43.8 Å². The predicted molar refractivity (Wildman–Crippen MR) is 164 cm³/mol. The first-order valence-electron chi connectivity index (χ1n) is 13.3. The van der Waals surface area contributed by atoms with Crippen LogP contribution in [-0.2, 0) is 26.2 Å². The SMILES string of the molecule is Cc1ccccc1N(CC(=O)N(Cc1ccc(Cl)c(Cl)c1)[C@H](C)C(=O)NC1CCCC1)S(=O)(=O)c1ccc(Cl)cc1. The molecule has 0 saturated heterocycles. The van der Waals surface area contributed by atoms with Gasteiger partial charge in [0, 0.05) is 17.6 Å². The van der Waals surface area contributed by atoms with Crippen LogP contribution in [0.3, 0.4) is 0 Å². The molecular weight excluding hydrogens is 605 g/mol. The van der Waals surface area contributed by atoms with E-state index in [9.17, 15) is 18.0 Å². The molecule has 1 N–H and O–H groups in total. The van der Waals surface area contributed by atoms with Gasteiger partial charge in [-0.25, -0.2) is 8.42 Å². The Bertz CT molecular complexity index is 1510. The molecule has 1 aliphatic carbocycles. The summed E-state index contributed by atoms with van der Waals surface area (Å²) in [6.07, 6.45) is 3.86. The number of anilines is 1. The number of nitrogens with one attached hydrogen (secondary N) is 1. The van der Waals surface area contributed by atoms with Crippen molar-refractivity contribution in [3.05, 3.63) is 92.9 Å². The average molecular weight is 637 g/mol. The van der Waals surface area contributed by atoms with Crippen LogP contribution in [0.1, 0.15) is 43.7 Å². The fraction of sp³-hybridized carbons (Fsp3) is 0.333. The van der Waals surface area contributed by atoms with Gasteiger partial charge in [-0.3, -0.25) is 13.9 Å². The molecule has 1 atom stereocenters. The summed E-state index contributed by atoms with van der Waals surface area (Å²) in [5.41, 5.74) is 1.67. The van der Waals surface area contributed by atoms with E-state index in [2.05, 4.69) is 5.32 Å². The molecule has 0 aliphatic heterocycles. The summed E-state index contributed by atoms with van der Waals surface area (Å²) in [7, 11) is -4.18. The van der Waals surface area contributed by atoms with E-state index in [1.165, 1.54) is 29.2 Å². The molecule has 0 spiro atoms. The number of halogens is 3. The Morgan fingerprint density at radius 1 is 0.951 bits per heavy atom. The van der Waals surface area contributed by atoms with E-state index >= 15 is 0 Å². The van der Waals surface area contributed by atoms with Crippen molar-refractivity contribution in [2.45, 2.75) is 63.1 Å². The Morgan fingerprint density at radius 3 is 2.24 bits per heavy atom. The second-order valence-corrected chi connectivity index (χ2v) is 13.3. The summed E-state index contributed by atoms with van der Waals surface area (Å²) in [6.45, 7) is 2.91. The minimum atomic E-state index is -4.18. The summed E-state index contributed by atoms with van der Waals surface area (Å²) in [5.74, 6) is -0.848. The Kier molecular flexibility index (Phi) is 10.2. The van der Waals surface area contributed by atoms with E-state index in [4.69, 9.17) is 34.8 Å². The molecule has 1 aliphatic rings. The van der Waals surface area contributed by atoms with E-state index in [1.807, 2.05) is 0 Å². The van der Waals surface area contributed by atoms with Gasteiger partial charge in [-0.2, -0.15) is 0 Å². The van der Waals surface area contributed by atoms with Crippen LogP contribution in [0.25, 0.3) is 0 Å². The van der Waals surface area contributed by atoms with Crippen LogP contribution in [0, 0.1) is 6.92 Å². The van der Waals surface area contributed by atoms with Crippen LogP contribution in [0.5, 0.6) is 0 Å². The zero-order valence-electron chi connectivity index (χ0n) is 22.8. The number of sulfonamides is 1. The summed E-state index contributed by atoms with van der Waals surface area (Å²) in [4.78, 5) is 28.8. The van der Waals surface area contributed by atoms with Crippen LogP contribution < -0.4 is 9.62 Å². The maximum atomic E-state index is 14.1. The van der Waals surface area contributed by atoms with Gasteiger partial charge >= 0.3 is 0 Å². The Balaban J connectivity index is 1.70. The maximum absolute atomic E-state index is 14.1. The lowest BCUT2D eigenvalue weighted by atomic mass is 10.1. The molecule has 41 heavy (non-hydrogen) atoms. The van der Waals surface area contributed by atoms with Gasteiger partial charge in [0.25, 0.3) is 10.0 Å². The molecule has 3 aromatic rings. The lowest BCUT2D eigenvalue weighted by Crippen LogP contribution is -2.52. The minimum Gasteiger partial charge on any atom is -0.352 e. The summed E-state index contributed by atoms with van der Waals surface area (Å²) in [5, 5.41) is 4.11. The fourth-order valence-electron chi connectivity index (χ4n) is 4.90. The first kappa shape index (κ1) is 31.2. The predicted octanol–water partition coefficient (Wildman–Crippen LogP) is 6.63. The highest BCUT2D eigenvalue weighted by atomic mass is 35.5. The highest BCUT2D eigenvalue weighted by Gasteiger charge is 2.34. The molecule has 0 radical (unpaired) electrons. The number of carbonyl (C=O) groups is 2.